The van der Waals surface area contributed by atoms with Gasteiger partial charge in [-0.1, -0.05) is 42.5 Å². The summed E-state index contributed by atoms with van der Waals surface area (Å²) in [5.74, 6) is 0.475. The van der Waals surface area contributed by atoms with Crippen molar-refractivity contribution in [3.8, 4) is 22.9 Å². The van der Waals surface area contributed by atoms with E-state index < -0.39 is 11.4 Å². The van der Waals surface area contributed by atoms with Crippen molar-refractivity contribution in [2.24, 2.45) is 0 Å². The van der Waals surface area contributed by atoms with Gasteiger partial charge in [0.2, 0.25) is 0 Å². The molecule has 1 aromatic heterocycles. The third-order valence-electron chi connectivity index (χ3n) is 2.82. The zero-order valence-electron chi connectivity index (χ0n) is 10.9. The van der Waals surface area contributed by atoms with Crippen molar-refractivity contribution in [3.63, 3.8) is 0 Å². The molecule has 21 heavy (non-hydrogen) atoms. The number of benzene rings is 2. The van der Waals surface area contributed by atoms with E-state index in [0.717, 1.165) is 11.1 Å². The number of H-pyrrole nitrogens is 2. The minimum atomic E-state index is -0.755. The van der Waals surface area contributed by atoms with E-state index in [0.29, 0.717) is 5.75 Å². The molecule has 2 N–H and O–H groups in total. The second-order valence-electron chi connectivity index (χ2n) is 4.29. The molecule has 1 heterocycles. The zero-order valence-corrected chi connectivity index (χ0v) is 10.9. The molecule has 6 nitrogen and oxygen atoms in total. The van der Waals surface area contributed by atoms with Gasteiger partial charge in [-0.2, -0.15) is 0 Å². The van der Waals surface area contributed by atoms with Gasteiger partial charge in [-0.25, -0.2) is 9.59 Å². The summed E-state index contributed by atoms with van der Waals surface area (Å²) in [6.45, 7) is 0. The van der Waals surface area contributed by atoms with E-state index >= 15 is 0 Å². The number of nitrogens with zero attached hydrogens (tertiary/aromatic N) is 1. The van der Waals surface area contributed by atoms with Crippen molar-refractivity contribution < 1.29 is 4.74 Å². The lowest BCUT2D eigenvalue weighted by molar-refractivity contribution is 0.434. The van der Waals surface area contributed by atoms with Crippen LogP contribution in [0.3, 0.4) is 0 Å². The quantitative estimate of drug-likeness (QED) is 0.767. The Balaban J connectivity index is 1.85. The molecule has 6 heteroatoms. The molecule has 0 bridgehead atoms. The highest BCUT2D eigenvalue weighted by molar-refractivity contribution is 5.63. The SMILES string of the molecule is O=c1nc(Oc2ccc(-c3ccccc3)cc2)[nH]c(=O)[nH]1. The van der Waals surface area contributed by atoms with Crippen molar-refractivity contribution in [3.05, 3.63) is 75.6 Å². The average molecular weight is 281 g/mol. The van der Waals surface area contributed by atoms with Crippen LogP contribution in [0.15, 0.2) is 64.2 Å². The summed E-state index contributed by atoms with van der Waals surface area (Å²) in [7, 11) is 0. The molecule has 3 aromatic rings. The average Bonchev–Trinajstić information content (AvgIpc) is 2.48. The minimum Gasteiger partial charge on any atom is -0.425 e. The first-order valence-electron chi connectivity index (χ1n) is 6.25. The van der Waals surface area contributed by atoms with E-state index in [9.17, 15) is 9.59 Å². The number of ether oxygens (including phenoxy) is 1. The topological polar surface area (TPSA) is 87.8 Å². The Labute approximate surface area is 119 Å². The highest BCUT2D eigenvalue weighted by atomic mass is 16.5. The van der Waals surface area contributed by atoms with Crippen molar-refractivity contribution >= 4 is 0 Å². The highest BCUT2D eigenvalue weighted by Gasteiger charge is 2.02. The molecular formula is C15H11N3O3. The van der Waals surface area contributed by atoms with Crippen molar-refractivity contribution in [1.82, 2.24) is 15.0 Å². The van der Waals surface area contributed by atoms with Crippen LogP contribution in [-0.2, 0) is 0 Å². The molecule has 3 rings (SSSR count). The largest absolute Gasteiger partial charge is 0.425 e. The Morgan fingerprint density at radius 2 is 1.48 bits per heavy atom. The number of aromatic nitrogens is 3. The molecule has 0 spiro atoms. The summed E-state index contributed by atoms with van der Waals surface area (Å²) < 4.78 is 5.34. The first-order chi connectivity index (χ1) is 10.2. The van der Waals surface area contributed by atoms with Crippen LogP contribution in [0.2, 0.25) is 0 Å². The van der Waals surface area contributed by atoms with Gasteiger partial charge in [0, 0.05) is 0 Å². The fraction of sp³-hybridized carbons (Fsp3) is 0. The lowest BCUT2D eigenvalue weighted by atomic mass is 10.1. The lowest BCUT2D eigenvalue weighted by Crippen LogP contribution is -2.24. The minimum absolute atomic E-state index is 0.142. The predicted octanol–water partition coefficient (Wildman–Crippen LogP) is 1.92. The maximum atomic E-state index is 11.1. The van der Waals surface area contributed by atoms with E-state index in [2.05, 4.69) is 9.97 Å². The summed E-state index contributed by atoms with van der Waals surface area (Å²) >= 11 is 0. The molecular weight excluding hydrogens is 270 g/mol. The summed E-state index contributed by atoms with van der Waals surface area (Å²) in [6.07, 6.45) is 0. The molecule has 0 aliphatic heterocycles. The number of hydrogen-bond donors (Lipinski definition) is 2. The van der Waals surface area contributed by atoms with Crippen LogP contribution in [0.5, 0.6) is 11.8 Å². The molecule has 0 aliphatic rings. The van der Waals surface area contributed by atoms with Crippen LogP contribution in [0, 0.1) is 0 Å². The van der Waals surface area contributed by atoms with Gasteiger partial charge in [-0.3, -0.25) is 9.97 Å². The van der Waals surface area contributed by atoms with Gasteiger partial charge in [0.05, 0.1) is 0 Å². The van der Waals surface area contributed by atoms with E-state index in [1.54, 1.807) is 12.1 Å². The normalized spacial score (nSPS) is 10.3. The van der Waals surface area contributed by atoms with Crippen LogP contribution in [0.4, 0.5) is 0 Å². The van der Waals surface area contributed by atoms with Gasteiger partial charge in [0.25, 0.3) is 0 Å². The Morgan fingerprint density at radius 1 is 0.810 bits per heavy atom. The fourth-order valence-corrected chi connectivity index (χ4v) is 1.88. The first-order valence-corrected chi connectivity index (χ1v) is 6.25. The molecule has 2 aromatic carbocycles. The Bertz CT molecular complexity index is 823. The highest BCUT2D eigenvalue weighted by Crippen LogP contribution is 2.23. The van der Waals surface area contributed by atoms with E-state index in [1.807, 2.05) is 47.4 Å². The van der Waals surface area contributed by atoms with Crippen LogP contribution >= 0.6 is 0 Å². The molecule has 0 fully saturated rings. The van der Waals surface area contributed by atoms with Crippen LogP contribution in [0.25, 0.3) is 11.1 Å². The maximum absolute atomic E-state index is 11.1. The van der Waals surface area contributed by atoms with Crippen molar-refractivity contribution in [2.45, 2.75) is 0 Å². The zero-order chi connectivity index (χ0) is 14.7. The van der Waals surface area contributed by atoms with Crippen LogP contribution < -0.4 is 16.1 Å². The Morgan fingerprint density at radius 3 is 2.14 bits per heavy atom. The van der Waals surface area contributed by atoms with Crippen molar-refractivity contribution in [1.29, 1.82) is 0 Å². The first kappa shape index (κ1) is 12.9. The number of nitrogens with one attached hydrogen (secondary N) is 2. The third kappa shape index (κ3) is 3.06. The summed E-state index contributed by atoms with van der Waals surface area (Å²) in [5, 5.41) is 0. The number of rotatable bonds is 3. The molecule has 0 unspecified atom stereocenters. The second kappa shape index (κ2) is 5.46. The van der Waals surface area contributed by atoms with E-state index in [4.69, 9.17) is 4.74 Å². The lowest BCUT2D eigenvalue weighted by Gasteiger charge is -2.05. The molecule has 104 valence electrons. The molecule has 0 saturated carbocycles. The summed E-state index contributed by atoms with van der Waals surface area (Å²) in [6, 6.07) is 17.0. The summed E-state index contributed by atoms with van der Waals surface area (Å²) in [5.41, 5.74) is 0.711. The number of aromatic amines is 2. The van der Waals surface area contributed by atoms with Crippen molar-refractivity contribution in [2.75, 3.05) is 0 Å². The van der Waals surface area contributed by atoms with E-state index in [-0.39, 0.29) is 6.01 Å². The summed E-state index contributed by atoms with van der Waals surface area (Å²) in [4.78, 5) is 30.0. The smallest absolute Gasteiger partial charge is 0.353 e. The Kier molecular flexibility index (Phi) is 3.34. The monoisotopic (exact) mass is 281 g/mol. The molecule has 0 radical (unpaired) electrons. The van der Waals surface area contributed by atoms with Gasteiger partial charge in [-0.15, -0.1) is 4.98 Å². The van der Waals surface area contributed by atoms with E-state index in [1.165, 1.54) is 0 Å². The van der Waals surface area contributed by atoms with Gasteiger partial charge < -0.3 is 4.74 Å². The van der Waals surface area contributed by atoms with Gasteiger partial charge in [0.15, 0.2) is 0 Å². The number of hydrogen-bond acceptors (Lipinski definition) is 4. The molecule has 0 aliphatic carbocycles. The van der Waals surface area contributed by atoms with Gasteiger partial charge in [-0.05, 0) is 23.3 Å². The standard InChI is InChI=1S/C15H11N3O3/c19-13-16-14(20)18-15(17-13)21-12-8-6-11(7-9-12)10-4-2-1-3-5-10/h1-9H,(H2,16,17,18,19,20). The molecule has 0 amide bonds. The predicted molar refractivity (Wildman–Crippen MR) is 77.4 cm³/mol. The third-order valence-corrected chi connectivity index (χ3v) is 2.82. The Hall–Kier alpha value is -3.15. The van der Waals surface area contributed by atoms with Gasteiger partial charge >= 0.3 is 17.4 Å². The van der Waals surface area contributed by atoms with Gasteiger partial charge in [0.1, 0.15) is 5.75 Å². The fourth-order valence-electron chi connectivity index (χ4n) is 1.88. The van der Waals surface area contributed by atoms with Crippen LogP contribution in [-0.4, -0.2) is 15.0 Å². The maximum Gasteiger partial charge on any atom is 0.353 e. The molecule has 0 atom stereocenters. The van der Waals surface area contributed by atoms with Crippen LogP contribution in [0.1, 0.15) is 0 Å². The molecule has 0 saturated heterocycles. The second-order valence-corrected chi connectivity index (χ2v) is 4.29.